The van der Waals surface area contributed by atoms with Crippen LogP contribution in [-0.4, -0.2) is 27.4 Å². The van der Waals surface area contributed by atoms with Gasteiger partial charge >= 0.3 is 0 Å². The Hall–Kier alpha value is -2.94. The fraction of sp³-hybridized carbons (Fsp3) is 0.0500. The molecule has 0 aliphatic heterocycles. The molecule has 0 saturated heterocycles. The Morgan fingerprint density at radius 2 is 2.04 bits per heavy atom. The molecular formula is C20H15IN4O2. The Morgan fingerprint density at radius 3 is 2.81 bits per heavy atom. The van der Waals surface area contributed by atoms with E-state index in [2.05, 4.69) is 37.9 Å². The molecule has 1 amide bonds. The zero-order valence-corrected chi connectivity index (χ0v) is 16.5. The SMILES string of the molecule is COc1ccc(-c2cn3cccnc3n2)cc1NC(=O)c1ccccc1I. The van der Waals surface area contributed by atoms with Crippen molar-refractivity contribution in [1.29, 1.82) is 0 Å². The third kappa shape index (κ3) is 3.50. The van der Waals surface area contributed by atoms with Crippen LogP contribution in [0.2, 0.25) is 0 Å². The summed E-state index contributed by atoms with van der Waals surface area (Å²) in [6.07, 6.45) is 5.49. The molecule has 4 aromatic rings. The van der Waals surface area contributed by atoms with Crippen LogP contribution in [0.4, 0.5) is 5.69 Å². The van der Waals surface area contributed by atoms with E-state index in [1.807, 2.05) is 59.3 Å². The van der Waals surface area contributed by atoms with Gasteiger partial charge in [-0.1, -0.05) is 12.1 Å². The third-order valence-electron chi connectivity index (χ3n) is 4.10. The molecule has 1 N–H and O–H groups in total. The lowest BCUT2D eigenvalue weighted by molar-refractivity contribution is 0.102. The number of amides is 1. The van der Waals surface area contributed by atoms with E-state index in [1.54, 1.807) is 19.4 Å². The smallest absolute Gasteiger partial charge is 0.256 e. The highest BCUT2D eigenvalue weighted by molar-refractivity contribution is 14.1. The van der Waals surface area contributed by atoms with Gasteiger partial charge in [0.15, 0.2) is 0 Å². The zero-order chi connectivity index (χ0) is 18.8. The highest BCUT2D eigenvalue weighted by atomic mass is 127. The van der Waals surface area contributed by atoms with Gasteiger partial charge in [0.05, 0.1) is 24.1 Å². The van der Waals surface area contributed by atoms with Crippen molar-refractivity contribution in [3.05, 3.63) is 76.3 Å². The second-order valence-electron chi connectivity index (χ2n) is 5.80. The maximum Gasteiger partial charge on any atom is 0.256 e. The number of rotatable bonds is 4. The van der Waals surface area contributed by atoms with Gasteiger partial charge in [0.1, 0.15) is 5.75 Å². The summed E-state index contributed by atoms with van der Waals surface area (Å²) in [5, 5.41) is 2.94. The summed E-state index contributed by atoms with van der Waals surface area (Å²) >= 11 is 2.15. The topological polar surface area (TPSA) is 68.5 Å². The second kappa shape index (κ2) is 7.36. The Kier molecular flexibility index (Phi) is 4.76. The lowest BCUT2D eigenvalue weighted by atomic mass is 10.1. The molecule has 2 aromatic heterocycles. The molecular weight excluding hydrogens is 455 g/mol. The van der Waals surface area contributed by atoms with Crippen molar-refractivity contribution in [3.63, 3.8) is 0 Å². The monoisotopic (exact) mass is 470 g/mol. The van der Waals surface area contributed by atoms with Crippen LogP contribution in [0.15, 0.2) is 67.1 Å². The Labute approximate surface area is 169 Å². The first-order chi connectivity index (χ1) is 13.2. The van der Waals surface area contributed by atoms with Crippen molar-refractivity contribution in [3.8, 4) is 17.0 Å². The minimum absolute atomic E-state index is 0.188. The number of hydrogen-bond acceptors (Lipinski definition) is 4. The molecule has 0 spiro atoms. The number of aromatic nitrogens is 3. The van der Waals surface area contributed by atoms with Gasteiger partial charge in [-0.15, -0.1) is 0 Å². The molecule has 0 fully saturated rings. The van der Waals surface area contributed by atoms with Crippen molar-refractivity contribution in [2.75, 3.05) is 12.4 Å². The average molecular weight is 470 g/mol. The van der Waals surface area contributed by atoms with Gasteiger partial charge in [0, 0.05) is 27.7 Å². The quantitative estimate of drug-likeness (QED) is 0.453. The largest absolute Gasteiger partial charge is 0.495 e. The van der Waals surface area contributed by atoms with Gasteiger partial charge in [-0.05, 0) is 59.0 Å². The first-order valence-corrected chi connectivity index (χ1v) is 9.27. The molecule has 0 aliphatic carbocycles. The molecule has 0 unspecified atom stereocenters. The van der Waals surface area contributed by atoms with Gasteiger partial charge in [0.2, 0.25) is 5.78 Å². The van der Waals surface area contributed by atoms with Crippen molar-refractivity contribution >= 4 is 40.0 Å². The van der Waals surface area contributed by atoms with Crippen molar-refractivity contribution in [2.45, 2.75) is 0 Å². The van der Waals surface area contributed by atoms with E-state index in [0.29, 0.717) is 22.8 Å². The van der Waals surface area contributed by atoms with E-state index in [0.717, 1.165) is 14.8 Å². The summed E-state index contributed by atoms with van der Waals surface area (Å²) < 4.78 is 8.14. The van der Waals surface area contributed by atoms with E-state index < -0.39 is 0 Å². The summed E-state index contributed by atoms with van der Waals surface area (Å²) in [5.41, 5.74) is 2.83. The number of hydrogen-bond donors (Lipinski definition) is 1. The fourth-order valence-corrected chi connectivity index (χ4v) is 3.40. The zero-order valence-electron chi connectivity index (χ0n) is 14.4. The lowest BCUT2D eigenvalue weighted by Gasteiger charge is -2.12. The van der Waals surface area contributed by atoms with Crippen LogP contribution in [0.1, 0.15) is 10.4 Å². The minimum Gasteiger partial charge on any atom is -0.495 e. The van der Waals surface area contributed by atoms with Gasteiger partial charge in [-0.3, -0.25) is 9.20 Å². The maximum atomic E-state index is 12.7. The van der Waals surface area contributed by atoms with Gasteiger partial charge in [-0.25, -0.2) is 9.97 Å². The average Bonchev–Trinajstić information content (AvgIpc) is 3.12. The number of imidazole rings is 1. The molecule has 6 nitrogen and oxygen atoms in total. The van der Waals surface area contributed by atoms with Crippen LogP contribution in [0.3, 0.4) is 0 Å². The first kappa shape index (κ1) is 17.5. The number of methoxy groups -OCH3 is 1. The van der Waals surface area contributed by atoms with Crippen LogP contribution in [0.25, 0.3) is 17.0 Å². The minimum atomic E-state index is -0.188. The molecule has 0 bridgehead atoms. The van der Waals surface area contributed by atoms with E-state index in [1.165, 1.54) is 0 Å². The van der Waals surface area contributed by atoms with Gasteiger partial charge in [0.25, 0.3) is 5.91 Å². The van der Waals surface area contributed by atoms with Crippen LogP contribution >= 0.6 is 22.6 Å². The van der Waals surface area contributed by atoms with E-state index in [4.69, 9.17) is 4.74 Å². The number of nitrogens with zero attached hydrogens (tertiary/aromatic N) is 3. The van der Waals surface area contributed by atoms with Crippen LogP contribution in [-0.2, 0) is 0 Å². The lowest BCUT2D eigenvalue weighted by Crippen LogP contribution is -2.14. The fourth-order valence-electron chi connectivity index (χ4n) is 2.77. The van der Waals surface area contributed by atoms with Crippen molar-refractivity contribution in [2.24, 2.45) is 0 Å². The molecule has 0 radical (unpaired) electrons. The highest BCUT2D eigenvalue weighted by Gasteiger charge is 2.14. The number of ether oxygens (including phenoxy) is 1. The number of carbonyl (C=O) groups excluding carboxylic acids is 1. The molecule has 0 saturated carbocycles. The molecule has 134 valence electrons. The second-order valence-corrected chi connectivity index (χ2v) is 6.96. The number of carbonyl (C=O) groups is 1. The summed E-state index contributed by atoms with van der Waals surface area (Å²) in [4.78, 5) is 21.5. The molecule has 4 rings (SSSR count). The van der Waals surface area contributed by atoms with Gasteiger partial charge < -0.3 is 10.1 Å². The molecule has 2 heterocycles. The molecule has 0 atom stereocenters. The summed E-state index contributed by atoms with van der Waals surface area (Å²) in [6, 6.07) is 14.9. The standard InChI is InChI=1S/C20H15IN4O2/c1-27-18-8-7-13(17-12-25-10-4-9-22-20(25)24-17)11-16(18)23-19(26)14-5-2-3-6-15(14)21/h2-12H,1H3,(H,23,26). The molecule has 27 heavy (non-hydrogen) atoms. The highest BCUT2D eigenvalue weighted by Crippen LogP contribution is 2.31. The predicted octanol–water partition coefficient (Wildman–Crippen LogP) is 4.26. The summed E-state index contributed by atoms with van der Waals surface area (Å²) in [5.74, 6) is 1.01. The number of benzene rings is 2. The maximum absolute atomic E-state index is 12.7. The van der Waals surface area contributed by atoms with E-state index in [-0.39, 0.29) is 5.91 Å². The van der Waals surface area contributed by atoms with Crippen LogP contribution < -0.4 is 10.1 Å². The Balaban J connectivity index is 1.70. The van der Waals surface area contributed by atoms with E-state index >= 15 is 0 Å². The van der Waals surface area contributed by atoms with Crippen molar-refractivity contribution in [1.82, 2.24) is 14.4 Å². The third-order valence-corrected chi connectivity index (χ3v) is 5.04. The Morgan fingerprint density at radius 1 is 1.19 bits per heavy atom. The first-order valence-electron chi connectivity index (χ1n) is 8.20. The molecule has 7 heteroatoms. The van der Waals surface area contributed by atoms with E-state index in [9.17, 15) is 4.79 Å². The predicted molar refractivity (Wildman–Crippen MR) is 112 cm³/mol. The normalized spacial score (nSPS) is 10.7. The number of halogens is 1. The van der Waals surface area contributed by atoms with Gasteiger partial charge in [-0.2, -0.15) is 0 Å². The number of fused-ring (bicyclic) bond motifs is 1. The van der Waals surface area contributed by atoms with Crippen LogP contribution in [0, 0.1) is 3.57 Å². The molecule has 0 aliphatic rings. The number of nitrogens with one attached hydrogen (secondary N) is 1. The summed E-state index contributed by atoms with van der Waals surface area (Å²) in [7, 11) is 1.58. The summed E-state index contributed by atoms with van der Waals surface area (Å²) in [6.45, 7) is 0. The van der Waals surface area contributed by atoms with Crippen LogP contribution in [0.5, 0.6) is 5.75 Å². The molecule has 2 aromatic carbocycles. The number of anilines is 1. The van der Waals surface area contributed by atoms with Crippen molar-refractivity contribution < 1.29 is 9.53 Å². The Bertz CT molecular complexity index is 1110.